The van der Waals surface area contributed by atoms with E-state index >= 15 is 4.39 Å². The molecule has 162 valence electrons. The van der Waals surface area contributed by atoms with Crippen molar-refractivity contribution >= 4 is 16.8 Å². The topological polar surface area (TPSA) is 82.7 Å². The van der Waals surface area contributed by atoms with E-state index in [1.807, 2.05) is 19.0 Å². The molecule has 1 N–H and O–H groups in total. The summed E-state index contributed by atoms with van der Waals surface area (Å²) in [6, 6.07) is 8.03. The number of anilines is 1. The molecule has 0 unspecified atom stereocenters. The molecule has 8 heteroatoms. The van der Waals surface area contributed by atoms with Crippen LogP contribution in [0.2, 0.25) is 0 Å². The summed E-state index contributed by atoms with van der Waals surface area (Å²) in [6.07, 6.45) is 1.75. The number of fused-ring (bicyclic) bond motifs is 3. The highest BCUT2D eigenvalue weighted by molar-refractivity contribution is 5.85. The molecule has 4 atom stereocenters. The first-order valence-electron chi connectivity index (χ1n) is 10.5. The van der Waals surface area contributed by atoms with E-state index in [2.05, 4.69) is 15.1 Å². The maximum atomic E-state index is 15.1. The van der Waals surface area contributed by atoms with Crippen molar-refractivity contribution in [2.45, 2.75) is 50.5 Å². The number of phenolic OH excluding ortho intramolecular Hbond substituents is 1. The maximum Gasteiger partial charge on any atom is 0.193 e. The van der Waals surface area contributed by atoms with Crippen LogP contribution in [0.4, 0.5) is 10.2 Å². The average molecular weight is 424 g/mol. The second kappa shape index (κ2) is 7.30. The summed E-state index contributed by atoms with van der Waals surface area (Å²) >= 11 is 0. The van der Waals surface area contributed by atoms with Gasteiger partial charge >= 0.3 is 0 Å². The van der Waals surface area contributed by atoms with Gasteiger partial charge < -0.3 is 14.4 Å². The second-order valence-corrected chi connectivity index (χ2v) is 8.69. The van der Waals surface area contributed by atoms with Crippen molar-refractivity contribution in [3.05, 3.63) is 46.3 Å². The lowest BCUT2D eigenvalue weighted by Gasteiger charge is -2.43. The van der Waals surface area contributed by atoms with Crippen molar-refractivity contribution in [3.8, 4) is 17.0 Å². The Hall–Kier alpha value is -3.00. The molecule has 7 nitrogen and oxygen atoms in total. The van der Waals surface area contributed by atoms with E-state index in [-0.39, 0.29) is 23.3 Å². The first-order valence-corrected chi connectivity index (χ1v) is 10.5. The van der Waals surface area contributed by atoms with Crippen LogP contribution in [0.15, 0.2) is 39.5 Å². The zero-order valence-electron chi connectivity index (χ0n) is 17.7. The van der Waals surface area contributed by atoms with Gasteiger partial charge in [-0.25, -0.2) is 4.39 Å². The Labute approximate surface area is 179 Å². The number of halogens is 1. The number of aryl methyl sites for hydroxylation is 1. The number of nitrogens with zero attached hydrogens (tertiary/aromatic N) is 4. The van der Waals surface area contributed by atoms with Gasteiger partial charge in [0.2, 0.25) is 0 Å². The Kier molecular flexibility index (Phi) is 4.69. The van der Waals surface area contributed by atoms with Gasteiger partial charge in [-0.2, -0.15) is 0 Å². The zero-order valence-corrected chi connectivity index (χ0v) is 17.7. The highest BCUT2D eigenvalue weighted by Crippen LogP contribution is 2.39. The number of phenols is 1. The number of alkyl halides is 1. The largest absolute Gasteiger partial charge is 0.507 e. The van der Waals surface area contributed by atoms with E-state index in [1.54, 1.807) is 25.1 Å². The molecule has 2 saturated heterocycles. The zero-order chi connectivity index (χ0) is 21.9. The number of benzene rings is 1. The number of rotatable bonds is 3. The Bertz CT molecular complexity index is 1200. The fourth-order valence-corrected chi connectivity index (χ4v) is 5.09. The van der Waals surface area contributed by atoms with E-state index < -0.39 is 6.17 Å². The van der Waals surface area contributed by atoms with Gasteiger partial charge in [-0.3, -0.25) is 9.69 Å². The Morgan fingerprint density at radius 1 is 1.23 bits per heavy atom. The Morgan fingerprint density at radius 2 is 2.03 bits per heavy atom. The van der Waals surface area contributed by atoms with Crippen molar-refractivity contribution in [1.29, 1.82) is 0 Å². The summed E-state index contributed by atoms with van der Waals surface area (Å²) in [5.74, 6) is 1.00. The van der Waals surface area contributed by atoms with Crippen molar-refractivity contribution < 1.29 is 13.9 Å². The van der Waals surface area contributed by atoms with Crippen LogP contribution in [0.3, 0.4) is 0 Å². The first-order chi connectivity index (χ1) is 14.8. The summed E-state index contributed by atoms with van der Waals surface area (Å²) in [4.78, 5) is 16.2. The monoisotopic (exact) mass is 424 g/mol. The lowest BCUT2D eigenvalue weighted by atomic mass is 9.95. The normalized spacial score (nSPS) is 25.8. The minimum Gasteiger partial charge on any atom is -0.507 e. The molecule has 2 aliphatic rings. The predicted octanol–water partition coefficient (Wildman–Crippen LogP) is 3.27. The number of hydrogen-bond donors (Lipinski definition) is 1. The highest BCUT2D eigenvalue weighted by atomic mass is 19.1. The van der Waals surface area contributed by atoms with Crippen molar-refractivity contribution in [1.82, 2.24) is 15.1 Å². The SMILES string of the molecule is Cc1cc(=O)c2cc(O)c(-c3ccc(N(C)[C@H]4C[C@@H]5CC[C@H]([C@H]4F)N5C)nn3)cc2o1. The molecule has 4 heterocycles. The summed E-state index contributed by atoms with van der Waals surface area (Å²) < 4.78 is 20.8. The minimum absolute atomic E-state index is 0.0360. The van der Waals surface area contributed by atoms with Gasteiger partial charge in [-0.05, 0) is 57.5 Å². The summed E-state index contributed by atoms with van der Waals surface area (Å²) in [5, 5.41) is 19.3. The predicted molar refractivity (Wildman–Crippen MR) is 116 cm³/mol. The molecule has 1 aromatic carbocycles. The Balaban J connectivity index is 1.44. The van der Waals surface area contributed by atoms with Crippen LogP contribution in [-0.2, 0) is 0 Å². The summed E-state index contributed by atoms with van der Waals surface area (Å²) in [6.45, 7) is 1.70. The van der Waals surface area contributed by atoms with Crippen molar-refractivity contribution in [2.75, 3.05) is 19.0 Å². The summed E-state index contributed by atoms with van der Waals surface area (Å²) in [5.41, 5.74) is 1.03. The fourth-order valence-electron chi connectivity index (χ4n) is 5.09. The van der Waals surface area contributed by atoms with Gasteiger partial charge in [0.05, 0.1) is 17.1 Å². The van der Waals surface area contributed by atoms with Gasteiger partial charge in [-0.1, -0.05) is 0 Å². The minimum atomic E-state index is -0.939. The van der Waals surface area contributed by atoms with E-state index in [0.717, 1.165) is 19.3 Å². The number of piperidine rings is 1. The lowest BCUT2D eigenvalue weighted by molar-refractivity contribution is 0.0701. The van der Waals surface area contributed by atoms with Gasteiger partial charge in [0.25, 0.3) is 0 Å². The van der Waals surface area contributed by atoms with Crippen LogP contribution in [0.1, 0.15) is 25.0 Å². The number of hydrogen-bond acceptors (Lipinski definition) is 7. The molecule has 0 saturated carbocycles. The molecule has 2 aromatic heterocycles. The highest BCUT2D eigenvalue weighted by Gasteiger charge is 2.47. The fraction of sp³-hybridized carbons (Fsp3) is 0.435. The van der Waals surface area contributed by atoms with Gasteiger partial charge in [-0.15, -0.1) is 10.2 Å². The molecule has 0 aliphatic carbocycles. The standard InChI is InChI=1S/C23H25FN4O3/c1-12-8-19(29)15-10-20(30)14(11-21(15)31-12)16-5-7-22(26-25-16)28(3)18-9-13-4-6-17(23(18)24)27(13)2/h5,7-8,10-11,13,17-18,23,30H,4,6,9H2,1-3H3/t13-,17+,18-,23+/m0/s1. The van der Waals surface area contributed by atoms with E-state index in [9.17, 15) is 9.90 Å². The quantitative estimate of drug-likeness (QED) is 0.691. The molecule has 2 aliphatic heterocycles. The average Bonchev–Trinajstić information content (AvgIpc) is 3.01. The molecule has 2 fully saturated rings. The van der Waals surface area contributed by atoms with Crippen molar-refractivity contribution in [3.63, 3.8) is 0 Å². The lowest BCUT2D eigenvalue weighted by Crippen LogP contribution is -2.56. The molecule has 5 rings (SSSR count). The van der Waals surface area contributed by atoms with Crippen LogP contribution in [0.5, 0.6) is 5.75 Å². The molecule has 2 bridgehead atoms. The third kappa shape index (κ3) is 3.26. The van der Waals surface area contributed by atoms with Crippen LogP contribution >= 0.6 is 0 Å². The molecule has 0 spiro atoms. The number of aromatic nitrogens is 2. The molecule has 0 amide bonds. The van der Waals surface area contributed by atoms with Crippen LogP contribution in [-0.4, -0.2) is 58.6 Å². The van der Waals surface area contributed by atoms with Crippen LogP contribution in [0.25, 0.3) is 22.2 Å². The smallest absolute Gasteiger partial charge is 0.193 e. The third-order valence-electron chi connectivity index (χ3n) is 6.90. The van der Waals surface area contributed by atoms with E-state index in [1.165, 1.54) is 12.1 Å². The van der Waals surface area contributed by atoms with Gasteiger partial charge in [0.1, 0.15) is 23.3 Å². The number of aromatic hydroxyl groups is 1. The molecular formula is C23H25FN4O3. The van der Waals surface area contributed by atoms with E-state index in [0.29, 0.717) is 39.8 Å². The third-order valence-corrected chi connectivity index (χ3v) is 6.90. The second-order valence-electron chi connectivity index (χ2n) is 8.69. The van der Waals surface area contributed by atoms with E-state index in [4.69, 9.17) is 4.42 Å². The maximum absolute atomic E-state index is 15.1. The summed E-state index contributed by atoms with van der Waals surface area (Å²) in [7, 11) is 3.87. The molecular weight excluding hydrogens is 399 g/mol. The van der Waals surface area contributed by atoms with Gasteiger partial charge in [0, 0.05) is 30.8 Å². The molecule has 31 heavy (non-hydrogen) atoms. The van der Waals surface area contributed by atoms with Crippen LogP contribution < -0.4 is 10.3 Å². The van der Waals surface area contributed by atoms with Crippen LogP contribution in [0, 0.1) is 6.92 Å². The molecule has 0 radical (unpaired) electrons. The first kappa shape index (κ1) is 19.9. The Morgan fingerprint density at radius 3 is 2.77 bits per heavy atom. The van der Waals surface area contributed by atoms with Gasteiger partial charge in [0.15, 0.2) is 11.2 Å². The van der Waals surface area contributed by atoms with Crippen molar-refractivity contribution in [2.24, 2.45) is 0 Å². The molecule has 3 aromatic rings.